The molecule has 1 aliphatic rings. The van der Waals surface area contributed by atoms with Crippen molar-refractivity contribution in [2.24, 2.45) is 0 Å². The maximum absolute atomic E-state index is 12.8. The number of amides is 1. The molecular formula is C21H26N2O2. The molecule has 2 N–H and O–H groups in total. The summed E-state index contributed by atoms with van der Waals surface area (Å²) in [6.45, 7) is 2.10. The molecule has 4 nitrogen and oxygen atoms in total. The van der Waals surface area contributed by atoms with Gasteiger partial charge in [-0.05, 0) is 36.5 Å². The fourth-order valence-electron chi connectivity index (χ4n) is 3.25. The third-order valence-corrected chi connectivity index (χ3v) is 4.68. The quantitative estimate of drug-likeness (QED) is 0.787. The highest BCUT2D eigenvalue weighted by Crippen LogP contribution is 2.18. The lowest BCUT2D eigenvalue weighted by Crippen LogP contribution is -2.37. The maximum Gasteiger partial charge on any atom is 0.223 e. The molecule has 25 heavy (non-hydrogen) atoms. The van der Waals surface area contributed by atoms with Gasteiger partial charge in [0.1, 0.15) is 0 Å². The third kappa shape index (κ3) is 5.07. The van der Waals surface area contributed by atoms with E-state index in [1.165, 1.54) is 0 Å². The smallest absolute Gasteiger partial charge is 0.223 e. The van der Waals surface area contributed by atoms with Crippen LogP contribution in [0.3, 0.4) is 0 Å². The van der Waals surface area contributed by atoms with E-state index < -0.39 is 0 Å². The van der Waals surface area contributed by atoms with Gasteiger partial charge in [0.15, 0.2) is 0 Å². The van der Waals surface area contributed by atoms with Gasteiger partial charge < -0.3 is 15.4 Å². The van der Waals surface area contributed by atoms with Gasteiger partial charge in [0.05, 0.1) is 6.10 Å². The zero-order valence-electron chi connectivity index (χ0n) is 14.6. The molecule has 2 aromatic rings. The van der Waals surface area contributed by atoms with Gasteiger partial charge in [-0.25, -0.2) is 0 Å². The lowest BCUT2D eigenvalue weighted by molar-refractivity contribution is -0.133. The first-order valence-electron chi connectivity index (χ1n) is 8.99. The average Bonchev–Trinajstić information content (AvgIpc) is 3.14. The number of hydrogen-bond donors (Lipinski definition) is 1. The van der Waals surface area contributed by atoms with Crippen molar-refractivity contribution in [1.82, 2.24) is 4.90 Å². The van der Waals surface area contributed by atoms with Crippen LogP contribution >= 0.6 is 0 Å². The van der Waals surface area contributed by atoms with Crippen LogP contribution in [0.1, 0.15) is 30.4 Å². The van der Waals surface area contributed by atoms with E-state index >= 15 is 0 Å². The molecule has 1 heterocycles. The van der Waals surface area contributed by atoms with Gasteiger partial charge in [0.2, 0.25) is 5.91 Å². The molecule has 1 saturated heterocycles. The molecule has 1 aliphatic heterocycles. The maximum atomic E-state index is 12.8. The molecule has 1 amide bonds. The summed E-state index contributed by atoms with van der Waals surface area (Å²) in [4.78, 5) is 14.8. The van der Waals surface area contributed by atoms with Gasteiger partial charge in [0, 0.05) is 31.8 Å². The summed E-state index contributed by atoms with van der Waals surface area (Å²) in [7, 11) is 0. The van der Waals surface area contributed by atoms with E-state index in [4.69, 9.17) is 10.5 Å². The van der Waals surface area contributed by atoms with E-state index in [2.05, 4.69) is 12.1 Å². The van der Waals surface area contributed by atoms with E-state index in [9.17, 15) is 4.79 Å². The van der Waals surface area contributed by atoms with Crippen molar-refractivity contribution in [2.45, 2.75) is 38.3 Å². The minimum Gasteiger partial charge on any atom is -0.399 e. The number of rotatable bonds is 7. The number of nitrogens with two attached hydrogens (primary N) is 1. The first-order chi connectivity index (χ1) is 12.2. The molecule has 1 atom stereocenters. The highest BCUT2D eigenvalue weighted by molar-refractivity contribution is 5.76. The summed E-state index contributed by atoms with van der Waals surface area (Å²) in [5.74, 6) is 0.155. The molecule has 132 valence electrons. The van der Waals surface area contributed by atoms with Crippen LogP contribution < -0.4 is 5.73 Å². The van der Waals surface area contributed by atoms with E-state index in [0.29, 0.717) is 25.9 Å². The number of ether oxygens (including phenoxy) is 1. The molecule has 2 aromatic carbocycles. The highest BCUT2D eigenvalue weighted by Gasteiger charge is 2.22. The fraction of sp³-hybridized carbons (Fsp3) is 0.381. The van der Waals surface area contributed by atoms with Crippen molar-refractivity contribution in [3.8, 4) is 0 Å². The van der Waals surface area contributed by atoms with E-state index in [1.54, 1.807) is 0 Å². The van der Waals surface area contributed by atoms with E-state index in [0.717, 1.165) is 36.3 Å². The molecule has 4 heteroatoms. The molecule has 0 saturated carbocycles. The van der Waals surface area contributed by atoms with Crippen LogP contribution in [0.15, 0.2) is 54.6 Å². The SMILES string of the molecule is Nc1ccccc1CCC(=O)N(Cc1ccccc1)CC1CCCO1. The third-order valence-electron chi connectivity index (χ3n) is 4.68. The van der Waals surface area contributed by atoms with Crippen molar-refractivity contribution >= 4 is 11.6 Å². The number of carbonyl (C=O) groups is 1. The zero-order valence-corrected chi connectivity index (χ0v) is 14.6. The number of benzene rings is 2. The van der Waals surface area contributed by atoms with Crippen molar-refractivity contribution in [1.29, 1.82) is 0 Å². The number of anilines is 1. The predicted molar refractivity (Wildman–Crippen MR) is 100 cm³/mol. The minimum atomic E-state index is 0.155. The molecule has 1 fully saturated rings. The Bertz CT molecular complexity index is 681. The Balaban J connectivity index is 1.64. The summed E-state index contributed by atoms with van der Waals surface area (Å²) in [5.41, 5.74) is 8.93. The van der Waals surface area contributed by atoms with Gasteiger partial charge in [-0.1, -0.05) is 48.5 Å². The number of para-hydroxylation sites is 1. The topological polar surface area (TPSA) is 55.6 Å². The lowest BCUT2D eigenvalue weighted by Gasteiger charge is -2.26. The van der Waals surface area contributed by atoms with Gasteiger partial charge >= 0.3 is 0 Å². The zero-order chi connectivity index (χ0) is 17.5. The monoisotopic (exact) mass is 338 g/mol. The van der Waals surface area contributed by atoms with E-state index in [1.807, 2.05) is 47.4 Å². The van der Waals surface area contributed by atoms with Crippen molar-refractivity contribution < 1.29 is 9.53 Å². The predicted octanol–water partition coefficient (Wildman–Crippen LogP) is 3.41. The molecule has 0 bridgehead atoms. The van der Waals surface area contributed by atoms with Crippen LogP contribution in [0.2, 0.25) is 0 Å². The van der Waals surface area contributed by atoms with Crippen molar-refractivity contribution in [3.63, 3.8) is 0 Å². The summed E-state index contributed by atoms with van der Waals surface area (Å²) in [6, 6.07) is 17.9. The Labute approximate surface area is 149 Å². The number of aryl methyl sites for hydroxylation is 1. The first kappa shape index (κ1) is 17.5. The van der Waals surface area contributed by atoms with Crippen molar-refractivity contribution in [3.05, 3.63) is 65.7 Å². The molecular weight excluding hydrogens is 312 g/mol. The second-order valence-corrected chi connectivity index (χ2v) is 6.59. The number of nitrogen functional groups attached to an aromatic ring is 1. The average molecular weight is 338 g/mol. The fourth-order valence-corrected chi connectivity index (χ4v) is 3.25. The number of carbonyl (C=O) groups excluding carboxylic acids is 1. The second-order valence-electron chi connectivity index (χ2n) is 6.59. The van der Waals surface area contributed by atoms with Crippen LogP contribution in [0.25, 0.3) is 0 Å². The van der Waals surface area contributed by atoms with Gasteiger partial charge in [-0.15, -0.1) is 0 Å². The normalized spacial score (nSPS) is 16.7. The Kier molecular flexibility index (Phi) is 6.07. The summed E-state index contributed by atoms with van der Waals surface area (Å²) in [6.07, 6.45) is 3.41. The molecule has 0 aromatic heterocycles. The first-order valence-corrected chi connectivity index (χ1v) is 8.99. The van der Waals surface area contributed by atoms with Gasteiger partial charge in [-0.2, -0.15) is 0 Å². The molecule has 3 rings (SSSR count). The largest absolute Gasteiger partial charge is 0.399 e. The van der Waals surface area contributed by atoms with E-state index in [-0.39, 0.29) is 12.0 Å². The van der Waals surface area contributed by atoms with Gasteiger partial charge in [0.25, 0.3) is 0 Å². The molecule has 0 aliphatic carbocycles. The highest BCUT2D eigenvalue weighted by atomic mass is 16.5. The van der Waals surface area contributed by atoms with Crippen LogP contribution in [0.4, 0.5) is 5.69 Å². The Morgan fingerprint density at radius 3 is 2.60 bits per heavy atom. The Hall–Kier alpha value is -2.33. The number of hydrogen-bond acceptors (Lipinski definition) is 3. The second kappa shape index (κ2) is 8.67. The Morgan fingerprint density at radius 1 is 1.12 bits per heavy atom. The summed E-state index contributed by atoms with van der Waals surface area (Å²) in [5, 5.41) is 0. The standard InChI is InChI=1S/C21H26N2O2/c22-20-11-5-4-9-18(20)12-13-21(24)23(16-19-10-6-14-25-19)15-17-7-2-1-3-8-17/h1-5,7-9,11,19H,6,10,12-16,22H2. The van der Waals surface area contributed by atoms with Crippen LogP contribution in [-0.2, 0) is 22.5 Å². The molecule has 0 radical (unpaired) electrons. The lowest BCUT2D eigenvalue weighted by atomic mass is 10.1. The number of nitrogens with zero attached hydrogens (tertiary/aromatic N) is 1. The molecule has 1 unspecified atom stereocenters. The van der Waals surface area contributed by atoms with Gasteiger partial charge in [-0.3, -0.25) is 4.79 Å². The Morgan fingerprint density at radius 2 is 1.88 bits per heavy atom. The minimum absolute atomic E-state index is 0.155. The van der Waals surface area contributed by atoms with Crippen LogP contribution in [0, 0.1) is 0 Å². The summed E-state index contributed by atoms with van der Waals surface area (Å²) < 4.78 is 5.74. The van der Waals surface area contributed by atoms with Crippen LogP contribution in [0.5, 0.6) is 0 Å². The van der Waals surface area contributed by atoms with Crippen molar-refractivity contribution in [2.75, 3.05) is 18.9 Å². The molecule has 0 spiro atoms. The van der Waals surface area contributed by atoms with Crippen LogP contribution in [-0.4, -0.2) is 30.1 Å². The summed E-state index contributed by atoms with van der Waals surface area (Å²) >= 11 is 0.